The van der Waals surface area contributed by atoms with Gasteiger partial charge in [-0.1, -0.05) is 32.0 Å². The second-order valence-corrected chi connectivity index (χ2v) is 4.94. The van der Waals surface area contributed by atoms with Crippen LogP contribution >= 0.6 is 0 Å². The van der Waals surface area contributed by atoms with Gasteiger partial charge in [0.15, 0.2) is 0 Å². The second kappa shape index (κ2) is 5.09. The zero-order chi connectivity index (χ0) is 12.3. The van der Waals surface area contributed by atoms with Crippen molar-refractivity contribution >= 4 is 0 Å². The summed E-state index contributed by atoms with van der Waals surface area (Å²) in [4.78, 5) is 0. The van der Waals surface area contributed by atoms with Crippen molar-refractivity contribution in [3.8, 4) is 5.75 Å². The largest absolute Gasteiger partial charge is 0.490 e. The van der Waals surface area contributed by atoms with E-state index in [1.54, 1.807) is 0 Å². The highest BCUT2D eigenvalue weighted by atomic mass is 16.5. The van der Waals surface area contributed by atoms with E-state index in [0.29, 0.717) is 17.6 Å². The Kier molecular flexibility index (Phi) is 3.72. The van der Waals surface area contributed by atoms with E-state index >= 15 is 0 Å². The SMILES string of the molecule is CCC1(CC)C(NC)CC1Oc1ccccc1. The summed E-state index contributed by atoms with van der Waals surface area (Å²) in [5.41, 5.74) is 0.310. The summed E-state index contributed by atoms with van der Waals surface area (Å²) in [6.45, 7) is 4.54. The molecular weight excluding hydrogens is 210 g/mol. The van der Waals surface area contributed by atoms with E-state index in [9.17, 15) is 0 Å². The van der Waals surface area contributed by atoms with Gasteiger partial charge in [0, 0.05) is 17.9 Å². The molecule has 2 rings (SSSR count). The van der Waals surface area contributed by atoms with Crippen molar-refractivity contribution in [1.29, 1.82) is 0 Å². The lowest BCUT2D eigenvalue weighted by atomic mass is 9.58. The van der Waals surface area contributed by atoms with Crippen LogP contribution in [0.5, 0.6) is 5.75 Å². The van der Waals surface area contributed by atoms with Gasteiger partial charge in [-0.15, -0.1) is 0 Å². The minimum atomic E-state index is 0.310. The number of hydrogen-bond donors (Lipinski definition) is 1. The Labute approximate surface area is 104 Å². The number of nitrogens with one attached hydrogen (secondary N) is 1. The highest BCUT2D eigenvalue weighted by Crippen LogP contribution is 2.48. The molecular formula is C15H23NO. The molecule has 0 bridgehead atoms. The van der Waals surface area contributed by atoms with Crippen LogP contribution in [0.2, 0.25) is 0 Å². The molecule has 1 N–H and O–H groups in total. The molecule has 17 heavy (non-hydrogen) atoms. The molecule has 2 heteroatoms. The summed E-state index contributed by atoms with van der Waals surface area (Å²) < 4.78 is 6.14. The summed E-state index contributed by atoms with van der Waals surface area (Å²) in [5, 5.41) is 3.43. The molecule has 0 saturated heterocycles. The number of para-hydroxylation sites is 1. The van der Waals surface area contributed by atoms with Crippen molar-refractivity contribution in [3.63, 3.8) is 0 Å². The van der Waals surface area contributed by atoms with Gasteiger partial charge in [0.1, 0.15) is 11.9 Å². The monoisotopic (exact) mass is 233 g/mol. The zero-order valence-electron chi connectivity index (χ0n) is 11.1. The van der Waals surface area contributed by atoms with Crippen LogP contribution in [0, 0.1) is 5.41 Å². The molecule has 1 aliphatic carbocycles. The first-order valence-corrected chi connectivity index (χ1v) is 6.65. The molecule has 0 spiro atoms. The van der Waals surface area contributed by atoms with Crippen LogP contribution < -0.4 is 10.1 Å². The smallest absolute Gasteiger partial charge is 0.119 e. The van der Waals surface area contributed by atoms with Gasteiger partial charge in [-0.3, -0.25) is 0 Å². The van der Waals surface area contributed by atoms with E-state index in [-0.39, 0.29) is 0 Å². The van der Waals surface area contributed by atoms with Crippen molar-refractivity contribution in [1.82, 2.24) is 5.32 Å². The molecule has 2 unspecified atom stereocenters. The summed E-state index contributed by atoms with van der Waals surface area (Å²) in [6, 6.07) is 10.8. The molecule has 0 heterocycles. The zero-order valence-corrected chi connectivity index (χ0v) is 11.1. The Morgan fingerprint density at radius 1 is 1.24 bits per heavy atom. The average Bonchev–Trinajstić information content (AvgIpc) is 2.37. The Morgan fingerprint density at radius 3 is 2.41 bits per heavy atom. The van der Waals surface area contributed by atoms with Gasteiger partial charge in [-0.2, -0.15) is 0 Å². The standard InChI is InChI=1S/C15H23NO/c1-4-15(5-2)13(16-3)11-14(15)17-12-9-7-6-8-10-12/h6-10,13-14,16H,4-5,11H2,1-3H3. The summed E-state index contributed by atoms with van der Waals surface area (Å²) in [6.07, 6.45) is 3.82. The maximum atomic E-state index is 6.14. The summed E-state index contributed by atoms with van der Waals surface area (Å²) in [7, 11) is 2.06. The third-order valence-electron chi connectivity index (χ3n) is 4.47. The highest BCUT2D eigenvalue weighted by Gasteiger charge is 2.53. The van der Waals surface area contributed by atoms with Crippen LogP contribution in [0.3, 0.4) is 0 Å². The number of hydrogen-bond acceptors (Lipinski definition) is 2. The third kappa shape index (κ3) is 2.06. The van der Waals surface area contributed by atoms with Crippen molar-refractivity contribution < 1.29 is 4.74 Å². The van der Waals surface area contributed by atoms with Crippen LogP contribution in [0.25, 0.3) is 0 Å². The van der Waals surface area contributed by atoms with Crippen LogP contribution in [0.4, 0.5) is 0 Å². The van der Waals surface area contributed by atoms with Gasteiger partial charge in [-0.25, -0.2) is 0 Å². The van der Waals surface area contributed by atoms with Crippen LogP contribution in [-0.2, 0) is 0 Å². The second-order valence-electron chi connectivity index (χ2n) is 4.94. The van der Waals surface area contributed by atoms with E-state index in [1.807, 2.05) is 30.3 Å². The maximum Gasteiger partial charge on any atom is 0.119 e. The van der Waals surface area contributed by atoms with E-state index in [2.05, 4.69) is 26.2 Å². The van der Waals surface area contributed by atoms with Crippen molar-refractivity contribution in [2.24, 2.45) is 5.41 Å². The van der Waals surface area contributed by atoms with Gasteiger partial charge < -0.3 is 10.1 Å². The quantitative estimate of drug-likeness (QED) is 0.843. The minimum absolute atomic E-state index is 0.310. The fourth-order valence-corrected chi connectivity index (χ4v) is 3.18. The molecule has 0 amide bonds. The molecule has 2 atom stereocenters. The predicted molar refractivity (Wildman–Crippen MR) is 71.3 cm³/mol. The molecule has 1 fully saturated rings. The maximum absolute atomic E-state index is 6.14. The Hall–Kier alpha value is -1.02. The fraction of sp³-hybridized carbons (Fsp3) is 0.600. The molecule has 1 saturated carbocycles. The van der Waals surface area contributed by atoms with E-state index in [4.69, 9.17) is 4.74 Å². The lowest BCUT2D eigenvalue weighted by molar-refractivity contribution is -0.0835. The Bertz CT molecular complexity index is 345. The minimum Gasteiger partial charge on any atom is -0.490 e. The fourth-order valence-electron chi connectivity index (χ4n) is 3.18. The van der Waals surface area contributed by atoms with E-state index < -0.39 is 0 Å². The van der Waals surface area contributed by atoms with Gasteiger partial charge in [0.25, 0.3) is 0 Å². The normalized spacial score (nSPS) is 26.3. The molecule has 1 aromatic carbocycles. The van der Waals surface area contributed by atoms with Crippen LogP contribution in [-0.4, -0.2) is 19.2 Å². The Morgan fingerprint density at radius 2 is 1.88 bits per heavy atom. The van der Waals surface area contributed by atoms with E-state index in [0.717, 1.165) is 12.2 Å². The van der Waals surface area contributed by atoms with Crippen molar-refractivity contribution in [3.05, 3.63) is 30.3 Å². The summed E-state index contributed by atoms with van der Waals surface area (Å²) >= 11 is 0. The number of ether oxygens (including phenoxy) is 1. The molecule has 0 aliphatic heterocycles. The first-order chi connectivity index (χ1) is 8.26. The van der Waals surface area contributed by atoms with Crippen LogP contribution in [0.1, 0.15) is 33.1 Å². The molecule has 1 aliphatic rings. The van der Waals surface area contributed by atoms with Gasteiger partial charge in [0.05, 0.1) is 0 Å². The van der Waals surface area contributed by atoms with Crippen molar-refractivity contribution in [2.75, 3.05) is 7.05 Å². The lowest BCUT2D eigenvalue weighted by Gasteiger charge is -2.55. The predicted octanol–water partition coefficient (Wildman–Crippen LogP) is 3.23. The molecule has 1 aromatic rings. The third-order valence-corrected chi connectivity index (χ3v) is 4.47. The topological polar surface area (TPSA) is 21.3 Å². The van der Waals surface area contributed by atoms with E-state index in [1.165, 1.54) is 12.8 Å². The van der Waals surface area contributed by atoms with Crippen LogP contribution in [0.15, 0.2) is 30.3 Å². The molecule has 94 valence electrons. The van der Waals surface area contributed by atoms with Gasteiger partial charge in [-0.05, 0) is 32.0 Å². The van der Waals surface area contributed by atoms with Gasteiger partial charge >= 0.3 is 0 Å². The summed E-state index contributed by atoms with van der Waals surface area (Å²) in [5.74, 6) is 0.998. The number of rotatable bonds is 5. The molecule has 0 radical (unpaired) electrons. The Balaban J connectivity index is 2.08. The molecule has 2 nitrogen and oxygen atoms in total. The van der Waals surface area contributed by atoms with Crippen molar-refractivity contribution in [2.45, 2.75) is 45.3 Å². The molecule has 0 aromatic heterocycles. The highest BCUT2D eigenvalue weighted by molar-refractivity contribution is 5.23. The average molecular weight is 233 g/mol. The first-order valence-electron chi connectivity index (χ1n) is 6.65. The first kappa shape index (κ1) is 12.4. The number of benzene rings is 1. The lowest BCUT2D eigenvalue weighted by Crippen LogP contribution is -2.63. The van der Waals surface area contributed by atoms with Gasteiger partial charge in [0.2, 0.25) is 0 Å².